The predicted octanol–water partition coefficient (Wildman–Crippen LogP) is 1.87. The van der Waals surface area contributed by atoms with Gasteiger partial charge in [-0.1, -0.05) is 12.1 Å². The van der Waals surface area contributed by atoms with Gasteiger partial charge in [0.05, 0.1) is 5.69 Å². The minimum atomic E-state index is -1.01. The highest BCUT2D eigenvalue weighted by Crippen LogP contribution is 2.20. The average Bonchev–Trinajstić information content (AvgIpc) is 2.48. The monoisotopic (exact) mass is 287 g/mol. The molecule has 108 valence electrons. The Morgan fingerprint density at radius 2 is 2.05 bits per heavy atom. The van der Waals surface area contributed by atoms with E-state index in [1.54, 1.807) is 12.1 Å². The molecule has 5 nitrogen and oxygen atoms in total. The number of carboxylic acid groups (broad SMARTS) is 1. The van der Waals surface area contributed by atoms with E-state index in [1.165, 1.54) is 18.5 Å². The summed E-state index contributed by atoms with van der Waals surface area (Å²) in [4.78, 5) is 21.3. The van der Waals surface area contributed by atoms with Crippen LogP contribution in [0.25, 0.3) is 0 Å². The first-order valence-corrected chi connectivity index (χ1v) is 6.66. The number of halogens is 1. The van der Waals surface area contributed by atoms with Crippen LogP contribution in [-0.4, -0.2) is 32.5 Å². The second-order valence-corrected chi connectivity index (χ2v) is 5.04. The van der Waals surface area contributed by atoms with E-state index < -0.39 is 5.97 Å². The van der Waals surface area contributed by atoms with Crippen molar-refractivity contribution >= 4 is 5.97 Å². The standard InChI is InChI=1S/C15H14FN3O2/c16-11-3-1-10(2-4-11)7-19-6-5-12-13(8-19)17-9-18-14(12)15(20)21/h1-4,9H,5-8H2,(H,20,21). The average molecular weight is 287 g/mol. The normalized spacial score (nSPS) is 14.7. The van der Waals surface area contributed by atoms with Gasteiger partial charge < -0.3 is 5.11 Å². The molecule has 6 heteroatoms. The van der Waals surface area contributed by atoms with Crippen molar-refractivity contribution in [2.75, 3.05) is 6.54 Å². The summed E-state index contributed by atoms with van der Waals surface area (Å²) in [6, 6.07) is 6.40. The number of carboxylic acids is 1. The molecule has 3 rings (SSSR count). The smallest absolute Gasteiger partial charge is 0.354 e. The first kappa shape index (κ1) is 13.6. The van der Waals surface area contributed by atoms with Gasteiger partial charge in [-0.15, -0.1) is 0 Å². The van der Waals surface area contributed by atoms with Crippen LogP contribution >= 0.6 is 0 Å². The summed E-state index contributed by atoms with van der Waals surface area (Å²) in [5.41, 5.74) is 2.60. The highest BCUT2D eigenvalue weighted by Gasteiger charge is 2.23. The number of rotatable bonds is 3. The number of benzene rings is 1. The van der Waals surface area contributed by atoms with Crippen molar-refractivity contribution in [2.45, 2.75) is 19.5 Å². The Morgan fingerprint density at radius 1 is 1.29 bits per heavy atom. The molecule has 0 bridgehead atoms. The maximum atomic E-state index is 12.9. The Morgan fingerprint density at radius 3 is 2.76 bits per heavy atom. The Labute approximate surface area is 121 Å². The molecule has 0 saturated heterocycles. The van der Waals surface area contributed by atoms with Gasteiger partial charge in [0.25, 0.3) is 0 Å². The number of aromatic carboxylic acids is 1. The van der Waals surface area contributed by atoms with Crippen molar-refractivity contribution in [1.29, 1.82) is 0 Å². The number of carbonyl (C=O) groups is 1. The minimum absolute atomic E-state index is 0.0985. The lowest BCUT2D eigenvalue weighted by Crippen LogP contribution is -2.32. The third kappa shape index (κ3) is 2.90. The van der Waals surface area contributed by atoms with Crippen LogP contribution in [0, 0.1) is 5.82 Å². The Kier molecular flexibility index (Phi) is 3.62. The first-order valence-electron chi connectivity index (χ1n) is 6.66. The summed E-state index contributed by atoms with van der Waals surface area (Å²) in [6.45, 7) is 2.00. The maximum absolute atomic E-state index is 12.9. The number of aromatic nitrogens is 2. The molecule has 2 heterocycles. The van der Waals surface area contributed by atoms with E-state index >= 15 is 0 Å². The van der Waals surface area contributed by atoms with E-state index in [2.05, 4.69) is 14.9 Å². The molecule has 0 amide bonds. The van der Waals surface area contributed by atoms with E-state index in [0.29, 0.717) is 19.5 Å². The van der Waals surface area contributed by atoms with E-state index in [0.717, 1.165) is 23.4 Å². The largest absolute Gasteiger partial charge is 0.477 e. The lowest BCUT2D eigenvalue weighted by atomic mass is 10.0. The van der Waals surface area contributed by atoms with Gasteiger partial charge in [0, 0.05) is 25.2 Å². The Balaban J connectivity index is 1.77. The van der Waals surface area contributed by atoms with E-state index in [1.807, 2.05) is 0 Å². The summed E-state index contributed by atoms with van der Waals surface area (Å²) >= 11 is 0. The highest BCUT2D eigenvalue weighted by molar-refractivity contribution is 5.87. The van der Waals surface area contributed by atoms with Crippen LogP contribution in [0.15, 0.2) is 30.6 Å². The zero-order valence-corrected chi connectivity index (χ0v) is 11.3. The van der Waals surface area contributed by atoms with Crippen LogP contribution < -0.4 is 0 Å². The van der Waals surface area contributed by atoms with Crippen molar-refractivity contribution in [3.63, 3.8) is 0 Å². The quantitative estimate of drug-likeness (QED) is 0.933. The van der Waals surface area contributed by atoms with Crippen LogP contribution in [0.2, 0.25) is 0 Å². The SMILES string of the molecule is O=C(O)c1ncnc2c1CCN(Cc1ccc(F)cc1)C2. The zero-order chi connectivity index (χ0) is 14.8. The van der Waals surface area contributed by atoms with Crippen molar-refractivity contribution in [3.8, 4) is 0 Å². The molecule has 21 heavy (non-hydrogen) atoms. The number of nitrogens with zero attached hydrogens (tertiary/aromatic N) is 3. The third-order valence-corrected chi connectivity index (χ3v) is 3.61. The number of hydrogen-bond acceptors (Lipinski definition) is 4. The molecule has 0 atom stereocenters. The molecule has 0 saturated carbocycles. The molecular formula is C15H14FN3O2. The second kappa shape index (κ2) is 5.57. The summed E-state index contributed by atoms with van der Waals surface area (Å²) in [6.07, 6.45) is 1.91. The van der Waals surface area contributed by atoms with Crippen molar-refractivity contribution in [3.05, 3.63) is 58.9 Å². The fraction of sp³-hybridized carbons (Fsp3) is 0.267. The first-order chi connectivity index (χ1) is 10.1. The fourth-order valence-corrected chi connectivity index (χ4v) is 2.58. The zero-order valence-electron chi connectivity index (χ0n) is 11.3. The van der Waals surface area contributed by atoms with E-state index in [9.17, 15) is 9.18 Å². The number of hydrogen-bond donors (Lipinski definition) is 1. The molecule has 0 radical (unpaired) electrons. The maximum Gasteiger partial charge on any atom is 0.354 e. The van der Waals surface area contributed by atoms with Crippen molar-refractivity contribution in [1.82, 2.24) is 14.9 Å². The van der Waals surface area contributed by atoms with Gasteiger partial charge in [0.15, 0.2) is 5.69 Å². The summed E-state index contributed by atoms with van der Waals surface area (Å²) < 4.78 is 12.9. The summed E-state index contributed by atoms with van der Waals surface area (Å²) in [5.74, 6) is -1.26. The molecular weight excluding hydrogens is 273 g/mol. The van der Waals surface area contributed by atoms with Crippen LogP contribution in [-0.2, 0) is 19.5 Å². The molecule has 0 aliphatic carbocycles. The van der Waals surface area contributed by atoms with Gasteiger partial charge in [-0.05, 0) is 24.1 Å². The van der Waals surface area contributed by atoms with Gasteiger partial charge in [0.2, 0.25) is 0 Å². The van der Waals surface area contributed by atoms with E-state index in [-0.39, 0.29) is 11.5 Å². The molecule has 1 aliphatic heterocycles. The van der Waals surface area contributed by atoms with Gasteiger partial charge in [-0.25, -0.2) is 19.2 Å². The summed E-state index contributed by atoms with van der Waals surface area (Å²) in [5, 5.41) is 9.13. The minimum Gasteiger partial charge on any atom is -0.477 e. The van der Waals surface area contributed by atoms with Crippen molar-refractivity contribution < 1.29 is 14.3 Å². The van der Waals surface area contributed by atoms with E-state index in [4.69, 9.17) is 5.11 Å². The molecule has 1 N–H and O–H groups in total. The van der Waals surface area contributed by atoms with Gasteiger partial charge in [-0.3, -0.25) is 4.90 Å². The molecule has 1 aromatic heterocycles. The molecule has 1 aliphatic rings. The highest BCUT2D eigenvalue weighted by atomic mass is 19.1. The van der Waals surface area contributed by atoms with Gasteiger partial charge in [0.1, 0.15) is 12.1 Å². The predicted molar refractivity (Wildman–Crippen MR) is 73.2 cm³/mol. The van der Waals surface area contributed by atoms with Crippen LogP contribution in [0.3, 0.4) is 0 Å². The second-order valence-electron chi connectivity index (χ2n) is 5.04. The Hall–Kier alpha value is -2.34. The molecule has 1 aromatic carbocycles. The van der Waals surface area contributed by atoms with Gasteiger partial charge >= 0.3 is 5.97 Å². The summed E-state index contributed by atoms with van der Waals surface area (Å²) in [7, 11) is 0. The third-order valence-electron chi connectivity index (χ3n) is 3.61. The molecule has 0 spiro atoms. The molecule has 0 fully saturated rings. The van der Waals surface area contributed by atoms with Crippen LogP contribution in [0.4, 0.5) is 4.39 Å². The molecule has 0 unspecified atom stereocenters. The van der Waals surface area contributed by atoms with Crippen LogP contribution in [0.1, 0.15) is 27.3 Å². The van der Waals surface area contributed by atoms with Crippen LogP contribution in [0.5, 0.6) is 0 Å². The molecule has 2 aromatic rings. The fourth-order valence-electron chi connectivity index (χ4n) is 2.58. The van der Waals surface area contributed by atoms with Gasteiger partial charge in [-0.2, -0.15) is 0 Å². The van der Waals surface area contributed by atoms with Crippen molar-refractivity contribution in [2.24, 2.45) is 0 Å². The lowest BCUT2D eigenvalue weighted by Gasteiger charge is -2.28. The number of fused-ring (bicyclic) bond motifs is 1. The topological polar surface area (TPSA) is 66.3 Å². The lowest BCUT2D eigenvalue weighted by molar-refractivity contribution is 0.0687. The Bertz CT molecular complexity index is 673.